The molecule has 5 rings (SSSR count). The van der Waals surface area contributed by atoms with Gasteiger partial charge in [0.05, 0.1) is 5.56 Å². The summed E-state index contributed by atoms with van der Waals surface area (Å²) < 4.78 is 26.5. The number of hydrogen-bond donors (Lipinski definition) is 2. The standard InChI is InChI=1S/C20H24F2N2O2/c21-15-1-2-16(17(22)8-15)19(26)23-4-3-18(25)24-20-9-12-5-13(10-20)7-14(6-12)11-20/h1-2,8,12-14H,3-7,9-11H2,(H,23,26)(H,24,25). The lowest BCUT2D eigenvalue weighted by atomic mass is 9.53. The van der Waals surface area contributed by atoms with E-state index in [2.05, 4.69) is 10.6 Å². The fourth-order valence-corrected chi connectivity index (χ4v) is 5.68. The molecule has 0 atom stereocenters. The van der Waals surface area contributed by atoms with Gasteiger partial charge in [-0.2, -0.15) is 0 Å². The number of nitrogens with one attached hydrogen (secondary N) is 2. The van der Waals surface area contributed by atoms with Crippen molar-refractivity contribution in [3.8, 4) is 0 Å². The summed E-state index contributed by atoms with van der Waals surface area (Å²) in [5, 5.41) is 5.78. The zero-order valence-electron chi connectivity index (χ0n) is 14.7. The quantitative estimate of drug-likeness (QED) is 0.845. The van der Waals surface area contributed by atoms with E-state index in [4.69, 9.17) is 0 Å². The summed E-state index contributed by atoms with van der Waals surface area (Å²) in [6.07, 6.45) is 7.35. The molecule has 6 heteroatoms. The number of carbonyl (C=O) groups is 2. The first-order valence-electron chi connectivity index (χ1n) is 9.47. The minimum Gasteiger partial charge on any atom is -0.351 e. The fourth-order valence-electron chi connectivity index (χ4n) is 5.68. The van der Waals surface area contributed by atoms with Gasteiger partial charge in [0, 0.05) is 24.6 Å². The van der Waals surface area contributed by atoms with E-state index in [9.17, 15) is 18.4 Å². The smallest absolute Gasteiger partial charge is 0.254 e. The minimum absolute atomic E-state index is 0.0428. The van der Waals surface area contributed by atoms with Crippen molar-refractivity contribution in [1.29, 1.82) is 0 Å². The summed E-state index contributed by atoms with van der Waals surface area (Å²) in [6.45, 7) is 0.133. The Morgan fingerprint density at radius 3 is 2.23 bits per heavy atom. The lowest BCUT2D eigenvalue weighted by molar-refractivity contribution is -0.126. The second-order valence-electron chi connectivity index (χ2n) is 8.38. The number of rotatable bonds is 5. The van der Waals surface area contributed by atoms with Crippen LogP contribution in [0.25, 0.3) is 0 Å². The molecule has 2 amide bonds. The number of carbonyl (C=O) groups excluding carboxylic acids is 2. The predicted molar refractivity (Wildman–Crippen MR) is 92.4 cm³/mol. The third kappa shape index (κ3) is 3.46. The SMILES string of the molecule is O=C(CCNC(=O)c1ccc(F)cc1F)NC12CC3CC(CC(C3)C1)C2. The third-order valence-electron chi connectivity index (χ3n) is 6.26. The molecular formula is C20H24F2N2O2. The largest absolute Gasteiger partial charge is 0.351 e. The Morgan fingerprint density at radius 2 is 1.65 bits per heavy atom. The topological polar surface area (TPSA) is 58.2 Å². The van der Waals surface area contributed by atoms with Crippen LogP contribution in [0.1, 0.15) is 55.3 Å². The normalized spacial score (nSPS) is 31.7. The van der Waals surface area contributed by atoms with Crippen molar-refractivity contribution in [2.75, 3.05) is 6.54 Å². The summed E-state index contributed by atoms with van der Waals surface area (Å²) in [7, 11) is 0. The van der Waals surface area contributed by atoms with Crippen molar-refractivity contribution in [1.82, 2.24) is 10.6 Å². The Hall–Kier alpha value is -1.98. The first-order valence-corrected chi connectivity index (χ1v) is 9.47. The zero-order valence-corrected chi connectivity index (χ0v) is 14.7. The maximum Gasteiger partial charge on any atom is 0.254 e. The fraction of sp³-hybridized carbons (Fsp3) is 0.600. The molecular weight excluding hydrogens is 338 g/mol. The lowest BCUT2D eigenvalue weighted by Gasteiger charge is -2.56. The second-order valence-corrected chi connectivity index (χ2v) is 8.38. The van der Waals surface area contributed by atoms with E-state index in [1.165, 1.54) is 19.3 Å². The molecule has 0 unspecified atom stereocenters. The Kier molecular flexibility index (Phi) is 4.45. The Morgan fingerprint density at radius 1 is 1.04 bits per heavy atom. The van der Waals surface area contributed by atoms with E-state index in [0.29, 0.717) is 6.07 Å². The number of benzene rings is 1. The molecule has 1 aromatic rings. The van der Waals surface area contributed by atoms with Crippen LogP contribution in [0.4, 0.5) is 8.78 Å². The number of halogens is 2. The molecule has 0 spiro atoms. The first kappa shape index (κ1) is 17.4. The first-order chi connectivity index (χ1) is 12.4. The van der Waals surface area contributed by atoms with Gasteiger partial charge in [0.2, 0.25) is 5.91 Å². The summed E-state index contributed by atoms with van der Waals surface area (Å²) in [5.74, 6) is -0.0698. The van der Waals surface area contributed by atoms with Crippen LogP contribution in [0.3, 0.4) is 0 Å². The van der Waals surface area contributed by atoms with Gasteiger partial charge in [-0.25, -0.2) is 8.78 Å². The maximum absolute atomic E-state index is 13.6. The van der Waals surface area contributed by atoms with Gasteiger partial charge < -0.3 is 10.6 Å². The zero-order chi connectivity index (χ0) is 18.3. The molecule has 0 radical (unpaired) electrons. The molecule has 4 aliphatic rings. The van der Waals surface area contributed by atoms with Gasteiger partial charge in [-0.15, -0.1) is 0 Å². The molecule has 0 aromatic heterocycles. The molecule has 140 valence electrons. The van der Waals surface area contributed by atoms with Gasteiger partial charge >= 0.3 is 0 Å². The Labute approximate surface area is 151 Å². The highest BCUT2D eigenvalue weighted by molar-refractivity contribution is 5.94. The molecule has 0 aliphatic heterocycles. The molecule has 4 bridgehead atoms. The minimum atomic E-state index is -0.902. The summed E-state index contributed by atoms with van der Waals surface area (Å²) in [4.78, 5) is 24.3. The van der Waals surface area contributed by atoms with Crippen molar-refractivity contribution in [2.45, 2.75) is 50.5 Å². The molecule has 4 fully saturated rings. The molecule has 4 saturated carbocycles. The molecule has 4 aliphatic carbocycles. The van der Waals surface area contributed by atoms with Crippen LogP contribution in [-0.4, -0.2) is 23.9 Å². The van der Waals surface area contributed by atoms with E-state index >= 15 is 0 Å². The summed E-state index contributed by atoms with van der Waals surface area (Å²) in [6, 6.07) is 2.82. The molecule has 4 nitrogen and oxygen atoms in total. The van der Waals surface area contributed by atoms with E-state index in [-0.39, 0.29) is 30.0 Å². The van der Waals surface area contributed by atoms with Crippen LogP contribution in [0.15, 0.2) is 18.2 Å². The highest BCUT2D eigenvalue weighted by Crippen LogP contribution is 2.55. The Balaban J connectivity index is 1.27. The molecule has 1 aromatic carbocycles. The molecule has 26 heavy (non-hydrogen) atoms. The van der Waals surface area contributed by atoms with Crippen molar-refractivity contribution < 1.29 is 18.4 Å². The summed E-state index contributed by atoms with van der Waals surface area (Å²) >= 11 is 0. The van der Waals surface area contributed by atoms with Crippen LogP contribution >= 0.6 is 0 Å². The monoisotopic (exact) mass is 362 g/mol. The number of hydrogen-bond acceptors (Lipinski definition) is 2. The highest BCUT2D eigenvalue weighted by Gasteiger charge is 2.51. The van der Waals surface area contributed by atoms with Crippen molar-refractivity contribution >= 4 is 11.8 Å². The van der Waals surface area contributed by atoms with Crippen molar-refractivity contribution in [3.63, 3.8) is 0 Å². The lowest BCUT2D eigenvalue weighted by Crippen LogP contribution is -2.60. The molecule has 0 heterocycles. The van der Waals surface area contributed by atoms with Crippen molar-refractivity contribution in [3.05, 3.63) is 35.4 Å². The van der Waals surface area contributed by atoms with Gasteiger partial charge in [0.1, 0.15) is 11.6 Å². The van der Waals surface area contributed by atoms with Crippen LogP contribution in [0.5, 0.6) is 0 Å². The van der Waals surface area contributed by atoms with Crippen LogP contribution in [0, 0.1) is 29.4 Å². The van der Waals surface area contributed by atoms with Gasteiger partial charge in [-0.1, -0.05) is 0 Å². The van der Waals surface area contributed by atoms with Crippen LogP contribution in [-0.2, 0) is 4.79 Å². The van der Waals surface area contributed by atoms with Crippen LogP contribution < -0.4 is 10.6 Å². The van der Waals surface area contributed by atoms with E-state index in [1.54, 1.807) is 0 Å². The predicted octanol–water partition coefficient (Wildman–Crippen LogP) is 3.17. The Bertz CT molecular complexity index is 699. The van der Waals surface area contributed by atoms with Gasteiger partial charge in [0.25, 0.3) is 5.91 Å². The van der Waals surface area contributed by atoms with E-state index < -0.39 is 17.5 Å². The second kappa shape index (κ2) is 6.63. The average Bonchev–Trinajstić information content (AvgIpc) is 2.52. The summed E-state index contributed by atoms with van der Waals surface area (Å²) in [5.41, 5.74) is -0.258. The molecule has 0 saturated heterocycles. The van der Waals surface area contributed by atoms with E-state index in [0.717, 1.165) is 49.1 Å². The average molecular weight is 362 g/mol. The van der Waals surface area contributed by atoms with Crippen LogP contribution in [0.2, 0.25) is 0 Å². The van der Waals surface area contributed by atoms with E-state index in [1.807, 2.05) is 0 Å². The molecule has 2 N–H and O–H groups in total. The van der Waals surface area contributed by atoms with Gasteiger partial charge in [-0.3, -0.25) is 9.59 Å². The third-order valence-corrected chi connectivity index (χ3v) is 6.26. The van der Waals surface area contributed by atoms with Gasteiger partial charge in [0.15, 0.2) is 0 Å². The maximum atomic E-state index is 13.6. The van der Waals surface area contributed by atoms with Crippen molar-refractivity contribution in [2.24, 2.45) is 17.8 Å². The number of amides is 2. The highest BCUT2D eigenvalue weighted by atomic mass is 19.1. The van der Waals surface area contributed by atoms with Gasteiger partial charge in [-0.05, 0) is 68.4 Å².